The van der Waals surface area contributed by atoms with Gasteiger partial charge in [-0.3, -0.25) is 0 Å². The van der Waals surface area contributed by atoms with Crippen LogP contribution in [-0.4, -0.2) is 7.85 Å². The maximum absolute atomic E-state index is 12.3. The fourth-order valence-corrected chi connectivity index (χ4v) is 0.373. The third-order valence-electron chi connectivity index (χ3n) is 1.06. The normalized spacial score (nSPS) is 13.4. The molecule has 0 aliphatic heterocycles. The summed E-state index contributed by atoms with van der Waals surface area (Å²) in [5.74, 6) is -0.364. The van der Waals surface area contributed by atoms with E-state index in [0.29, 0.717) is 5.47 Å². The Labute approximate surface area is 62.5 Å². The average Bonchev–Trinajstić information content (AvgIpc) is 1.99. The second kappa shape index (κ2) is 5.04. The van der Waals surface area contributed by atoms with E-state index >= 15 is 0 Å². The van der Waals surface area contributed by atoms with Crippen molar-refractivity contribution in [2.24, 2.45) is 0 Å². The molecule has 2 radical (unpaired) electrons. The van der Waals surface area contributed by atoms with Crippen molar-refractivity contribution in [3.05, 3.63) is 36.1 Å². The minimum absolute atomic E-state index is 0.364. The second-order valence-corrected chi connectivity index (χ2v) is 1.85. The van der Waals surface area contributed by atoms with Crippen LogP contribution in [0.5, 0.6) is 0 Å². The summed E-state index contributed by atoms with van der Waals surface area (Å²) in [6, 6.07) is 0. The van der Waals surface area contributed by atoms with Gasteiger partial charge in [0.1, 0.15) is 13.7 Å². The van der Waals surface area contributed by atoms with Crippen molar-refractivity contribution in [3.8, 4) is 0 Å². The van der Waals surface area contributed by atoms with Crippen LogP contribution in [0.15, 0.2) is 36.1 Å². The van der Waals surface area contributed by atoms with Crippen molar-refractivity contribution in [2.45, 2.75) is 13.3 Å². The molecule has 0 amide bonds. The van der Waals surface area contributed by atoms with E-state index in [1.165, 1.54) is 12.2 Å². The Kier molecular flexibility index (Phi) is 4.64. The van der Waals surface area contributed by atoms with Gasteiger partial charge in [-0.2, -0.15) is 0 Å². The third-order valence-corrected chi connectivity index (χ3v) is 1.06. The molecular weight excluding hydrogens is 126 g/mol. The quantitative estimate of drug-likeness (QED) is 0.413. The lowest BCUT2D eigenvalue weighted by atomic mass is 9.93. The van der Waals surface area contributed by atoms with Gasteiger partial charge in [-0.05, 0) is 18.6 Å². The molecule has 0 spiro atoms. The van der Waals surface area contributed by atoms with Gasteiger partial charge in [0.25, 0.3) is 0 Å². The summed E-state index contributed by atoms with van der Waals surface area (Å²) in [7, 11) is 5.39. The lowest BCUT2D eigenvalue weighted by molar-refractivity contribution is 0.668. The lowest BCUT2D eigenvalue weighted by Crippen LogP contribution is -1.75. The Morgan fingerprint density at radius 3 is 2.60 bits per heavy atom. The topological polar surface area (TPSA) is 0 Å². The average molecular weight is 136 g/mol. The van der Waals surface area contributed by atoms with Crippen molar-refractivity contribution in [2.75, 3.05) is 0 Å². The summed E-state index contributed by atoms with van der Waals surface area (Å²) in [5, 5.41) is 0. The van der Waals surface area contributed by atoms with Crippen LogP contribution in [0.3, 0.4) is 0 Å². The van der Waals surface area contributed by atoms with E-state index in [9.17, 15) is 4.39 Å². The molecule has 0 fully saturated rings. The van der Waals surface area contributed by atoms with E-state index in [1.807, 2.05) is 6.92 Å². The van der Waals surface area contributed by atoms with E-state index in [0.717, 1.165) is 12.5 Å². The number of allylic oxidation sites excluding steroid dienone is 5. The first-order valence-electron chi connectivity index (χ1n) is 3.15. The summed E-state index contributed by atoms with van der Waals surface area (Å²) in [5.41, 5.74) is 0.664. The van der Waals surface area contributed by atoms with Crippen LogP contribution in [0.25, 0.3) is 0 Å². The Balaban J connectivity index is 4.03. The monoisotopic (exact) mass is 136 g/mol. The highest BCUT2D eigenvalue weighted by atomic mass is 19.1. The van der Waals surface area contributed by atoms with Gasteiger partial charge in [-0.15, -0.1) is 5.47 Å². The molecule has 0 unspecified atom stereocenters. The first-order valence-corrected chi connectivity index (χ1v) is 3.15. The molecule has 0 aromatic carbocycles. The minimum atomic E-state index is -0.364. The van der Waals surface area contributed by atoms with Gasteiger partial charge >= 0.3 is 0 Å². The molecule has 0 aromatic rings. The van der Waals surface area contributed by atoms with E-state index < -0.39 is 0 Å². The Morgan fingerprint density at radius 1 is 1.60 bits per heavy atom. The molecule has 0 saturated heterocycles. The lowest BCUT2D eigenvalue weighted by Gasteiger charge is -1.89. The smallest absolute Gasteiger partial charge is 0.122 e. The van der Waals surface area contributed by atoms with Gasteiger partial charge in [0.2, 0.25) is 0 Å². The van der Waals surface area contributed by atoms with Crippen LogP contribution in [0.2, 0.25) is 0 Å². The molecule has 52 valence electrons. The van der Waals surface area contributed by atoms with Crippen molar-refractivity contribution < 1.29 is 4.39 Å². The van der Waals surface area contributed by atoms with Crippen LogP contribution < -0.4 is 0 Å². The van der Waals surface area contributed by atoms with Crippen molar-refractivity contribution in [1.82, 2.24) is 0 Å². The van der Waals surface area contributed by atoms with Crippen LogP contribution in [0.1, 0.15) is 13.3 Å². The largest absolute Gasteiger partial charge is 0.207 e. The molecule has 2 heteroatoms. The predicted molar refractivity (Wildman–Crippen MR) is 43.5 cm³/mol. The molecule has 10 heavy (non-hydrogen) atoms. The van der Waals surface area contributed by atoms with Gasteiger partial charge in [0, 0.05) is 0 Å². The zero-order chi connectivity index (χ0) is 7.98. The molecule has 0 saturated carbocycles. The summed E-state index contributed by atoms with van der Waals surface area (Å²) >= 11 is 0. The van der Waals surface area contributed by atoms with Crippen LogP contribution in [-0.2, 0) is 0 Å². The van der Waals surface area contributed by atoms with E-state index in [1.54, 1.807) is 0 Å². The standard InChI is InChI=1S/C8H10BF/c1-3-7(9)5-6-8(10)4-2/h4-6H,2-3H2,1H3/b7-5+,8-6+. The Bertz CT molecular complexity index is 168. The molecule has 0 aliphatic rings. The molecule has 0 rings (SSSR count). The number of hydrogen-bond donors (Lipinski definition) is 0. The van der Waals surface area contributed by atoms with Gasteiger partial charge in [-0.25, -0.2) is 4.39 Å². The zero-order valence-corrected chi connectivity index (χ0v) is 6.10. The first kappa shape index (κ1) is 9.21. The maximum Gasteiger partial charge on any atom is 0.122 e. The predicted octanol–water partition coefficient (Wildman–Crippen LogP) is 2.49. The van der Waals surface area contributed by atoms with E-state index in [2.05, 4.69) is 6.58 Å². The third kappa shape index (κ3) is 4.13. The van der Waals surface area contributed by atoms with Crippen molar-refractivity contribution in [1.29, 1.82) is 0 Å². The van der Waals surface area contributed by atoms with Crippen molar-refractivity contribution >= 4 is 7.85 Å². The van der Waals surface area contributed by atoms with Gasteiger partial charge in [0.05, 0.1) is 0 Å². The molecule has 0 atom stereocenters. The molecule has 0 bridgehead atoms. The fourth-order valence-electron chi connectivity index (χ4n) is 0.373. The van der Waals surface area contributed by atoms with Crippen LogP contribution >= 0.6 is 0 Å². The summed E-state index contributed by atoms with van der Waals surface area (Å²) in [4.78, 5) is 0. The maximum atomic E-state index is 12.3. The first-order chi connectivity index (χ1) is 4.70. The second-order valence-electron chi connectivity index (χ2n) is 1.85. The molecule has 0 N–H and O–H groups in total. The molecule has 0 nitrogen and oxygen atoms in total. The SMILES string of the molecule is [B]/C(=C/C=C(/F)C=C)CC. The summed E-state index contributed by atoms with van der Waals surface area (Å²) in [6.07, 6.45) is 4.71. The highest BCUT2D eigenvalue weighted by Gasteiger charge is 1.82. The molecule has 0 aromatic heterocycles. The molecular formula is C8H10BF. The number of rotatable bonds is 3. The summed E-state index contributed by atoms with van der Waals surface area (Å²) < 4.78 is 12.3. The van der Waals surface area contributed by atoms with Crippen LogP contribution in [0.4, 0.5) is 4.39 Å². The Hall–Kier alpha value is -0.785. The summed E-state index contributed by atoms with van der Waals surface area (Å²) in [6.45, 7) is 5.16. The van der Waals surface area contributed by atoms with Gasteiger partial charge < -0.3 is 0 Å². The van der Waals surface area contributed by atoms with E-state index in [-0.39, 0.29) is 5.83 Å². The van der Waals surface area contributed by atoms with Crippen LogP contribution in [0, 0.1) is 0 Å². The Morgan fingerprint density at radius 2 is 2.20 bits per heavy atom. The zero-order valence-electron chi connectivity index (χ0n) is 6.10. The highest BCUT2D eigenvalue weighted by Crippen LogP contribution is 2.00. The van der Waals surface area contributed by atoms with Crippen molar-refractivity contribution in [3.63, 3.8) is 0 Å². The van der Waals surface area contributed by atoms with Gasteiger partial charge in [-0.1, -0.05) is 19.6 Å². The molecule has 0 heterocycles. The van der Waals surface area contributed by atoms with E-state index in [4.69, 9.17) is 7.85 Å². The molecule has 0 aliphatic carbocycles. The fraction of sp³-hybridized carbons (Fsp3) is 0.250. The van der Waals surface area contributed by atoms with Gasteiger partial charge in [0.15, 0.2) is 0 Å². The number of hydrogen-bond acceptors (Lipinski definition) is 0. The minimum Gasteiger partial charge on any atom is -0.207 e. The highest BCUT2D eigenvalue weighted by molar-refractivity contribution is 6.21. The number of halogens is 1.